The molecule has 1 heterocycles. The van der Waals surface area contributed by atoms with Gasteiger partial charge in [-0.15, -0.1) is 0 Å². The smallest absolute Gasteiger partial charge is 0.229 e. The van der Waals surface area contributed by atoms with E-state index in [4.69, 9.17) is 9.47 Å². The van der Waals surface area contributed by atoms with Crippen molar-refractivity contribution in [3.05, 3.63) is 18.2 Å². The summed E-state index contributed by atoms with van der Waals surface area (Å²) in [6.07, 6.45) is 1.65. The van der Waals surface area contributed by atoms with Crippen LogP contribution in [0.3, 0.4) is 0 Å². The van der Waals surface area contributed by atoms with Crippen molar-refractivity contribution in [1.82, 2.24) is 4.90 Å². The predicted molar refractivity (Wildman–Crippen MR) is 83.2 cm³/mol. The van der Waals surface area contributed by atoms with Gasteiger partial charge in [0.05, 0.1) is 20.1 Å². The Morgan fingerprint density at radius 2 is 1.95 bits per heavy atom. The van der Waals surface area contributed by atoms with Crippen LogP contribution in [-0.4, -0.2) is 44.0 Å². The van der Waals surface area contributed by atoms with Crippen molar-refractivity contribution < 1.29 is 19.1 Å². The van der Waals surface area contributed by atoms with Gasteiger partial charge in [-0.05, 0) is 25.0 Å². The Hall–Kier alpha value is -2.24. The average Bonchev–Trinajstić information content (AvgIpc) is 2.54. The Morgan fingerprint density at radius 3 is 2.59 bits per heavy atom. The largest absolute Gasteiger partial charge is 0.493 e. The van der Waals surface area contributed by atoms with Crippen LogP contribution >= 0.6 is 0 Å². The van der Waals surface area contributed by atoms with Crippen molar-refractivity contribution in [2.24, 2.45) is 5.92 Å². The van der Waals surface area contributed by atoms with E-state index in [0.29, 0.717) is 23.7 Å². The molecular weight excluding hydrogens is 284 g/mol. The molecule has 6 heteroatoms. The molecule has 2 amide bonds. The van der Waals surface area contributed by atoms with E-state index >= 15 is 0 Å². The molecule has 1 N–H and O–H groups in total. The van der Waals surface area contributed by atoms with Crippen LogP contribution in [0, 0.1) is 5.92 Å². The number of benzene rings is 1. The van der Waals surface area contributed by atoms with Gasteiger partial charge in [0.25, 0.3) is 0 Å². The summed E-state index contributed by atoms with van der Waals surface area (Å²) < 4.78 is 10.4. The molecule has 1 aromatic rings. The highest BCUT2D eigenvalue weighted by Gasteiger charge is 2.27. The summed E-state index contributed by atoms with van der Waals surface area (Å²) in [5, 5.41) is 2.88. The van der Waals surface area contributed by atoms with Crippen LogP contribution in [0.5, 0.6) is 11.5 Å². The van der Waals surface area contributed by atoms with E-state index in [2.05, 4.69) is 5.32 Å². The lowest BCUT2D eigenvalue weighted by molar-refractivity contribution is -0.132. The molecule has 1 unspecified atom stereocenters. The van der Waals surface area contributed by atoms with Crippen molar-refractivity contribution in [3.63, 3.8) is 0 Å². The normalized spacial score (nSPS) is 17.8. The van der Waals surface area contributed by atoms with Crippen molar-refractivity contribution in [2.75, 3.05) is 32.6 Å². The van der Waals surface area contributed by atoms with Crippen LogP contribution in [0.15, 0.2) is 18.2 Å². The van der Waals surface area contributed by atoms with Gasteiger partial charge in [-0.3, -0.25) is 9.59 Å². The maximum Gasteiger partial charge on any atom is 0.229 e. The molecule has 1 atom stereocenters. The number of nitrogens with zero attached hydrogens (tertiary/aromatic N) is 1. The third kappa shape index (κ3) is 3.69. The molecule has 1 aliphatic heterocycles. The fraction of sp³-hybridized carbons (Fsp3) is 0.500. The number of ether oxygens (including phenoxy) is 2. The fourth-order valence-corrected chi connectivity index (χ4v) is 2.64. The second kappa shape index (κ2) is 7.15. The number of anilines is 1. The number of nitrogens with one attached hydrogen (secondary N) is 1. The van der Waals surface area contributed by atoms with Gasteiger partial charge in [0.1, 0.15) is 0 Å². The minimum Gasteiger partial charge on any atom is -0.493 e. The molecule has 22 heavy (non-hydrogen) atoms. The average molecular weight is 306 g/mol. The zero-order chi connectivity index (χ0) is 16.1. The van der Waals surface area contributed by atoms with Crippen LogP contribution in [-0.2, 0) is 9.59 Å². The first-order valence-electron chi connectivity index (χ1n) is 7.33. The molecule has 0 aromatic heterocycles. The molecule has 0 bridgehead atoms. The zero-order valence-electron chi connectivity index (χ0n) is 13.2. The molecule has 6 nitrogen and oxygen atoms in total. The number of carbonyl (C=O) groups excluding carboxylic acids is 2. The number of methoxy groups -OCH3 is 2. The molecule has 0 saturated carbocycles. The summed E-state index contributed by atoms with van der Waals surface area (Å²) >= 11 is 0. The first kappa shape index (κ1) is 16.1. The molecule has 0 radical (unpaired) electrons. The van der Waals surface area contributed by atoms with Gasteiger partial charge < -0.3 is 19.7 Å². The zero-order valence-corrected chi connectivity index (χ0v) is 13.2. The van der Waals surface area contributed by atoms with Gasteiger partial charge in [-0.2, -0.15) is 0 Å². The van der Waals surface area contributed by atoms with E-state index in [9.17, 15) is 9.59 Å². The Morgan fingerprint density at radius 1 is 1.23 bits per heavy atom. The van der Waals surface area contributed by atoms with E-state index in [1.807, 2.05) is 0 Å². The van der Waals surface area contributed by atoms with Gasteiger partial charge in [0, 0.05) is 31.8 Å². The third-order valence-corrected chi connectivity index (χ3v) is 3.89. The lowest BCUT2D eigenvalue weighted by Gasteiger charge is -2.31. The van der Waals surface area contributed by atoms with Crippen LogP contribution in [0.1, 0.15) is 19.8 Å². The minimum atomic E-state index is -0.175. The van der Waals surface area contributed by atoms with Gasteiger partial charge in [-0.25, -0.2) is 0 Å². The van der Waals surface area contributed by atoms with E-state index in [0.717, 1.165) is 19.4 Å². The van der Waals surface area contributed by atoms with Gasteiger partial charge in [0.2, 0.25) is 11.8 Å². The molecule has 0 spiro atoms. The Balaban J connectivity index is 2.04. The number of hydrogen-bond acceptors (Lipinski definition) is 4. The minimum absolute atomic E-state index is 0.0172. The molecule has 120 valence electrons. The van der Waals surface area contributed by atoms with Gasteiger partial charge >= 0.3 is 0 Å². The van der Waals surface area contributed by atoms with Gasteiger partial charge in [-0.1, -0.05) is 0 Å². The lowest BCUT2D eigenvalue weighted by Crippen LogP contribution is -2.42. The first-order valence-corrected chi connectivity index (χ1v) is 7.33. The molecule has 1 aliphatic rings. The Bertz CT molecular complexity index is 559. The molecule has 0 aliphatic carbocycles. The number of hydrogen-bond donors (Lipinski definition) is 1. The molecule has 1 saturated heterocycles. The van der Waals surface area contributed by atoms with Crippen molar-refractivity contribution in [2.45, 2.75) is 19.8 Å². The highest BCUT2D eigenvalue weighted by atomic mass is 16.5. The SMILES string of the molecule is COc1ccc(NC(=O)C2CCCN(C(C)=O)C2)cc1OC. The highest BCUT2D eigenvalue weighted by Crippen LogP contribution is 2.30. The number of likely N-dealkylation sites (tertiary alicyclic amines) is 1. The first-order chi connectivity index (χ1) is 10.5. The van der Waals surface area contributed by atoms with Crippen LogP contribution in [0.4, 0.5) is 5.69 Å². The Kier molecular flexibility index (Phi) is 5.25. The number of carbonyl (C=O) groups is 2. The number of amides is 2. The fourth-order valence-electron chi connectivity index (χ4n) is 2.64. The van der Waals surface area contributed by atoms with Gasteiger partial charge in [0.15, 0.2) is 11.5 Å². The van der Waals surface area contributed by atoms with Crippen LogP contribution in [0.25, 0.3) is 0 Å². The molecule has 2 rings (SSSR count). The monoisotopic (exact) mass is 306 g/mol. The Labute approximate surface area is 130 Å². The van der Waals surface area contributed by atoms with E-state index in [1.165, 1.54) is 6.92 Å². The van der Waals surface area contributed by atoms with Crippen molar-refractivity contribution >= 4 is 17.5 Å². The summed E-state index contributed by atoms with van der Waals surface area (Å²) in [5.74, 6) is 0.947. The molecular formula is C16H22N2O4. The predicted octanol–water partition coefficient (Wildman–Crippen LogP) is 1.90. The summed E-state index contributed by atoms with van der Waals surface area (Å²) in [4.78, 5) is 25.5. The maximum absolute atomic E-state index is 12.4. The van der Waals surface area contributed by atoms with Crippen molar-refractivity contribution in [1.29, 1.82) is 0 Å². The highest BCUT2D eigenvalue weighted by molar-refractivity contribution is 5.93. The second-order valence-electron chi connectivity index (χ2n) is 5.36. The summed E-state index contributed by atoms with van der Waals surface area (Å²) in [6, 6.07) is 5.24. The third-order valence-electron chi connectivity index (χ3n) is 3.89. The van der Waals surface area contributed by atoms with Crippen LogP contribution in [0.2, 0.25) is 0 Å². The molecule has 1 aromatic carbocycles. The van der Waals surface area contributed by atoms with Crippen LogP contribution < -0.4 is 14.8 Å². The summed E-state index contributed by atoms with van der Waals surface area (Å²) in [7, 11) is 3.11. The lowest BCUT2D eigenvalue weighted by atomic mass is 9.97. The quantitative estimate of drug-likeness (QED) is 0.922. The van der Waals surface area contributed by atoms with E-state index in [1.54, 1.807) is 37.3 Å². The topological polar surface area (TPSA) is 67.9 Å². The second-order valence-corrected chi connectivity index (χ2v) is 5.36. The standard InChI is InChI=1S/C16H22N2O4/c1-11(19)18-8-4-5-12(10-18)16(20)17-13-6-7-14(21-2)15(9-13)22-3/h6-7,9,12H,4-5,8,10H2,1-3H3,(H,17,20). The maximum atomic E-state index is 12.4. The number of piperidine rings is 1. The van der Waals surface area contributed by atoms with E-state index < -0.39 is 0 Å². The summed E-state index contributed by atoms with van der Waals surface area (Å²) in [5.41, 5.74) is 0.655. The van der Waals surface area contributed by atoms with Crippen molar-refractivity contribution in [3.8, 4) is 11.5 Å². The van der Waals surface area contributed by atoms with E-state index in [-0.39, 0.29) is 17.7 Å². The number of rotatable bonds is 4. The molecule has 1 fully saturated rings. The summed E-state index contributed by atoms with van der Waals surface area (Å²) in [6.45, 7) is 2.75.